The minimum atomic E-state index is -0.246. The fourth-order valence-corrected chi connectivity index (χ4v) is 5.13. The van der Waals surface area contributed by atoms with Crippen LogP contribution < -0.4 is 21.1 Å². The highest BCUT2D eigenvalue weighted by molar-refractivity contribution is 5.77. The molecular formula is C31H32N8O. The van der Waals surface area contributed by atoms with Crippen LogP contribution in [0.15, 0.2) is 83.8 Å². The summed E-state index contributed by atoms with van der Waals surface area (Å²) in [7, 11) is 4.01. The fourth-order valence-electron chi connectivity index (χ4n) is 5.13. The van der Waals surface area contributed by atoms with Crippen LogP contribution in [0, 0.1) is 6.92 Å². The average molecular weight is 533 g/mol. The number of aromatic nitrogens is 4. The molecule has 0 unspecified atom stereocenters. The first kappa shape index (κ1) is 25.5. The molecule has 0 spiro atoms. The predicted molar refractivity (Wildman–Crippen MR) is 162 cm³/mol. The van der Waals surface area contributed by atoms with Crippen molar-refractivity contribution in [1.29, 1.82) is 0 Å². The van der Waals surface area contributed by atoms with Gasteiger partial charge in [-0.3, -0.25) is 9.36 Å². The van der Waals surface area contributed by atoms with Crippen molar-refractivity contribution < 1.29 is 0 Å². The van der Waals surface area contributed by atoms with E-state index in [4.69, 9.17) is 9.97 Å². The highest BCUT2D eigenvalue weighted by atomic mass is 16.1. The topological polar surface area (TPSA) is 91.2 Å². The Balaban J connectivity index is 1.41. The molecule has 1 fully saturated rings. The maximum Gasteiger partial charge on any atom is 0.283 e. The van der Waals surface area contributed by atoms with Gasteiger partial charge in [0.15, 0.2) is 5.65 Å². The molecular weight excluding hydrogens is 500 g/mol. The number of hydrogen-bond acceptors (Lipinski definition) is 8. The van der Waals surface area contributed by atoms with E-state index >= 15 is 0 Å². The molecule has 1 aliphatic heterocycles. The third-order valence-electron chi connectivity index (χ3n) is 7.34. The van der Waals surface area contributed by atoms with Crippen LogP contribution >= 0.6 is 0 Å². The van der Waals surface area contributed by atoms with E-state index in [2.05, 4.69) is 57.6 Å². The van der Waals surface area contributed by atoms with E-state index in [1.165, 1.54) is 11.3 Å². The number of piperazine rings is 1. The number of nitrogens with zero attached hydrogens (tertiary/aromatic N) is 6. The number of likely N-dealkylation sites (N-methyl/N-ethyl adjacent to an activating group) is 1. The van der Waals surface area contributed by atoms with Crippen molar-refractivity contribution in [3.63, 3.8) is 0 Å². The van der Waals surface area contributed by atoms with Gasteiger partial charge in [0.25, 0.3) is 5.56 Å². The average Bonchev–Trinajstić information content (AvgIpc) is 2.98. The third kappa shape index (κ3) is 4.99. The molecule has 5 aromatic rings. The summed E-state index contributed by atoms with van der Waals surface area (Å²) in [6.07, 6.45) is 1.67. The normalized spacial score (nSPS) is 13.9. The smallest absolute Gasteiger partial charge is 0.283 e. The van der Waals surface area contributed by atoms with Gasteiger partial charge in [0.05, 0.1) is 11.9 Å². The molecule has 2 aromatic heterocycles. The lowest BCUT2D eigenvalue weighted by Crippen LogP contribution is -2.44. The molecule has 3 aromatic carbocycles. The number of anilines is 4. The molecule has 0 amide bonds. The van der Waals surface area contributed by atoms with Crippen LogP contribution in [-0.4, -0.2) is 64.7 Å². The van der Waals surface area contributed by atoms with Gasteiger partial charge in [0.2, 0.25) is 5.95 Å². The van der Waals surface area contributed by atoms with Gasteiger partial charge in [-0.2, -0.15) is 4.98 Å². The summed E-state index contributed by atoms with van der Waals surface area (Å²) in [6.45, 7) is 6.28. The summed E-state index contributed by atoms with van der Waals surface area (Å²) >= 11 is 0. The molecule has 40 heavy (non-hydrogen) atoms. The van der Waals surface area contributed by atoms with Crippen LogP contribution in [0.25, 0.3) is 28.1 Å². The molecule has 0 radical (unpaired) electrons. The van der Waals surface area contributed by atoms with Gasteiger partial charge in [-0.15, -0.1) is 0 Å². The molecule has 0 aliphatic carbocycles. The third-order valence-corrected chi connectivity index (χ3v) is 7.34. The lowest BCUT2D eigenvalue weighted by Gasteiger charge is -2.35. The van der Waals surface area contributed by atoms with Crippen molar-refractivity contribution >= 4 is 34.2 Å². The quantitative estimate of drug-likeness (QED) is 0.326. The Morgan fingerprint density at radius 3 is 2.40 bits per heavy atom. The molecule has 9 nitrogen and oxygen atoms in total. The van der Waals surface area contributed by atoms with Crippen molar-refractivity contribution in [2.45, 2.75) is 6.92 Å². The van der Waals surface area contributed by atoms with Crippen LogP contribution in [0.3, 0.4) is 0 Å². The molecule has 0 saturated carbocycles. The standard InChI is InChI=1S/C31H32N8O/c1-21-18-24(12-13-27(21)38-16-14-37(3)15-17-38)34-31-33-20-26-29(36-31)39(25-11-7-10-23(19-25)32-2)30(40)28(35-26)22-8-5-4-6-9-22/h4-13,18-20,32H,14-17H2,1-3H3,(H,33,34,36). The van der Waals surface area contributed by atoms with Gasteiger partial charge >= 0.3 is 0 Å². The second-order valence-electron chi connectivity index (χ2n) is 10.1. The molecule has 0 atom stereocenters. The first-order valence-corrected chi connectivity index (χ1v) is 13.4. The SMILES string of the molecule is CNc1cccc(-n2c(=O)c(-c3ccccc3)nc3cnc(Nc4ccc(N5CCN(C)CC5)c(C)c4)nc32)c1. The van der Waals surface area contributed by atoms with Crippen molar-refractivity contribution in [3.05, 3.63) is 94.9 Å². The predicted octanol–water partition coefficient (Wildman–Crippen LogP) is 4.69. The number of fused-ring (bicyclic) bond motifs is 1. The molecule has 1 aliphatic rings. The van der Waals surface area contributed by atoms with Crippen LogP contribution in [-0.2, 0) is 0 Å². The summed E-state index contributed by atoms with van der Waals surface area (Å²) < 4.78 is 1.61. The maximum absolute atomic E-state index is 13.9. The molecule has 1 saturated heterocycles. The molecule has 2 N–H and O–H groups in total. The minimum absolute atomic E-state index is 0.246. The van der Waals surface area contributed by atoms with Crippen molar-refractivity contribution in [2.75, 3.05) is 55.8 Å². The highest BCUT2D eigenvalue weighted by Crippen LogP contribution is 2.27. The molecule has 202 valence electrons. The van der Waals surface area contributed by atoms with Crippen molar-refractivity contribution in [1.82, 2.24) is 24.4 Å². The summed E-state index contributed by atoms with van der Waals surface area (Å²) in [5, 5.41) is 6.49. The lowest BCUT2D eigenvalue weighted by atomic mass is 10.1. The van der Waals surface area contributed by atoms with Crippen LogP contribution in [0.2, 0.25) is 0 Å². The Bertz CT molecular complexity index is 1730. The van der Waals surface area contributed by atoms with Crippen LogP contribution in [0.5, 0.6) is 0 Å². The molecule has 0 bridgehead atoms. The summed E-state index contributed by atoms with van der Waals surface area (Å²) in [5.41, 5.74) is 6.70. The van der Waals surface area contributed by atoms with Crippen molar-refractivity contribution in [3.8, 4) is 16.9 Å². The van der Waals surface area contributed by atoms with E-state index in [9.17, 15) is 4.79 Å². The highest BCUT2D eigenvalue weighted by Gasteiger charge is 2.18. The fraction of sp³-hybridized carbons (Fsp3) is 0.226. The van der Waals surface area contributed by atoms with Gasteiger partial charge in [-0.1, -0.05) is 36.4 Å². The zero-order valence-electron chi connectivity index (χ0n) is 22.9. The molecule has 6 rings (SSSR count). The summed E-state index contributed by atoms with van der Waals surface area (Å²) in [6, 6.07) is 23.5. The van der Waals surface area contributed by atoms with Gasteiger partial charge in [-0.05, 0) is 55.9 Å². The Morgan fingerprint density at radius 2 is 1.65 bits per heavy atom. The number of aryl methyl sites for hydroxylation is 1. The van der Waals surface area contributed by atoms with E-state index in [0.717, 1.165) is 43.1 Å². The zero-order valence-corrected chi connectivity index (χ0v) is 22.9. The Kier molecular flexibility index (Phi) is 6.88. The Labute approximate surface area is 233 Å². The largest absolute Gasteiger partial charge is 0.388 e. The first-order chi connectivity index (χ1) is 19.5. The Morgan fingerprint density at radius 1 is 0.850 bits per heavy atom. The second-order valence-corrected chi connectivity index (χ2v) is 10.1. The summed E-state index contributed by atoms with van der Waals surface area (Å²) in [4.78, 5) is 32.7. The summed E-state index contributed by atoms with van der Waals surface area (Å²) in [5.74, 6) is 0.395. The van der Waals surface area contributed by atoms with Crippen LogP contribution in [0.1, 0.15) is 5.56 Å². The van der Waals surface area contributed by atoms with E-state index in [1.807, 2.05) is 61.6 Å². The lowest BCUT2D eigenvalue weighted by molar-refractivity contribution is 0.312. The Hall–Kier alpha value is -4.76. The van der Waals surface area contributed by atoms with Crippen LogP contribution in [0.4, 0.5) is 23.0 Å². The number of nitrogens with one attached hydrogen (secondary N) is 2. The number of benzene rings is 3. The van der Waals surface area contributed by atoms with Gasteiger partial charge in [0, 0.05) is 55.9 Å². The maximum atomic E-state index is 13.9. The number of rotatable bonds is 6. The molecule has 9 heteroatoms. The second kappa shape index (κ2) is 10.8. The van der Waals surface area contributed by atoms with E-state index in [-0.39, 0.29) is 5.56 Å². The minimum Gasteiger partial charge on any atom is -0.388 e. The van der Waals surface area contributed by atoms with Crippen molar-refractivity contribution in [2.24, 2.45) is 0 Å². The monoisotopic (exact) mass is 532 g/mol. The number of hydrogen-bond donors (Lipinski definition) is 2. The van der Waals surface area contributed by atoms with Gasteiger partial charge < -0.3 is 20.4 Å². The molecule has 3 heterocycles. The van der Waals surface area contributed by atoms with Gasteiger partial charge in [0.1, 0.15) is 11.2 Å². The van der Waals surface area contributed by atoms with Gasteiger partial charge in [-0.25, -0.2) is 9.97 Å². The van der Waals surface area contributed by atoms with E-state index in [0.29, 0.717) is 28.5 Å². The van der Waals surface area contributed by atoms with E-state index in [1.54, 1.807) is 10.8 Å². The zero-order chi connectivity index (χ0) is 27.6. The first-order valence-electron chi connectivity index (χ1n) is 13.4. The van der Waals surface area contributed by atoms with E-state index < -0.39 is 0 Å².